The van der Waals surface area contributed by atoms with E-state index in [1.54, 1.807) is 17.6 Å². The zero-order valence-corrected chi connectivity index (χ0v) is 28.4. The van der Waals surface area contributed by atoms with Crippen LogP contribution in [0, 0.1) is 0 Å². The Balaban J connectivity index is 1.36. The zero-order valence-electron chi connectivity index (χ0n) is 27.5. The molecule has 7 aromatic carbocycles. The number of nitrogens with zero attached hydrogens (tertiary/aromatic N) is 2. The number of fused-ring (bicyclic) bond motifs is 10. The van der Waals surface area contributed by atoms with Gasteiger partial charge in [0.15, 0.2) is 0 Å². The van der Waals surface area contributed by atoms with Gasteiger partial charge in [0.05, 0.1) is 28.4 Å². The van der Waals surface area contributed by atoms with E-state index in [2.05, 4.69) is 53.1 Å². The summed E-state index contributed by atoms with van der Waals surface area (Å²) < 4.78 is 11.6. The standard InChI is InChI=1S/C46H26N2O3S/c49-45-37-25-41-35(30-15-6-8-17-39(30)47(41)27-11-2-1-3-12-27)23-33(37)34-24-36-32-16-7-9-19-43(32)52-44(36)26-38(34)46(50)48(45)40-21-20-31(42-18-10-22-51-42)28-13-4-5-14-29(28)40/h1-26H. The molecule has 0 aliphatic rings. The summed E-state index contributed by atoms with van der Waals surface area (Å²) in [6.07, 6.45) is 1.65. The molecule has 11 rings (SSSR count). The van der Waals surface area contributed by atoms with Crippen molar-refractivity contribution in [2.75, 3.05) is 0 Å². The van der Waals surface area contributed by atoms with E-state index >= 15 is 9.59 Å². The minimum atomic E-state index is -0.368. The van der Waals surface area contributed by atoms with Crippen LogP contribution in [0.4, 0.5) is 0 Å². The average Bonchev–Trinajstić information content (AvgIpc) is 3.92. The van der Waals surface area contributed by atoms with Crippen LogP contribution in [0.1, 0.15) is 0 Å². The Kier molecular flexibility index (Phi) is 6.06. The molecule has 52 heavy (non-hydrogen) atoms. The van der Waals surface area contributed by atoms with E-state index in [1.165, 1.54) is 4.57 Å². The molecule has 0 bridgehead atoms. The van der Waals surface area contributed by atoms with Gasteiger partial charge < -0.3 is 8.98 Å². The molecule has 4 heterocycles. The highest BCUT2D eigenvalue weighted by Crippen LogP contribution is 2.40. The molecule has 0 N–H and O–H groups in total. The summed E-state index contributed by atoms with van der Waals surface area (Å²) in [4.78, 5) is 30.5. The Morgan fingerprint density at radius 3 is 1.88 bits per heavy atom. The number of aromatic nitrogens is 2. The molecule has 0 fully saturated rings. The maximum absolute atomic E-state index is 15.3. The molecule has 0 aliphatic carbocycles. The molecule has 0 radical (unpaired) electrons. The van der Waals surface area contributed by atoms with Gasteiger partial charge in [0, 0.05) is 53.0 Å². The van der Waals surface area contributed by atoms with E-state index in [0.29, 0.717) is 16.5 Å². The van der Waals surface area contributed by atoms with E-state index < -0.39 is 0 Å². The lowest BCUT2D eigenvalue weighted by molar-refractivity contribution is 0.583. The zero-order chi connectivity index (χ0) is 34.5. The fraction of sp³-hybridized carbons (Fsp3) is 0. The number of hydrogen-bond acceptors (Lipinski definition) is 4. The first-order chi connectivity index (χ1) is 25.6. The molecule has 0 spiro atoms. The molecular weight excluding hydrogens is 661 g/mol. The van der Waals surface area contributed by atoms with Crippen molar-refractivity contribution >= 4 is 85.6 Å². The fourth-order valence-electron chi connectivity index (χ4n) is 8.12. The Labute approximate surface area is 299 Å². The lowest BCUT2D eigenvalue weighted by atomic mass is 10.0. The SMILES string of the molecule is O=c1c2cc3sc4ccccc4c3cc2c2cc3c4ccccc4n(-c4ccccc4)c3cc2c(=O)n1-c1ccc(-c2ccco2)c2ccccc12. The van der Waals surface area contributed by atoms with Gasteiger partial charge >= 0.3 is 0 Å². The van der Waals surface area contributed by atoms with Crippen LogP contribution in [0.15, 0.2) is 172 Å². The average molecular weight is 687 g/mol. The minimum absolute atomic E-state index is 0.355. The Bertz CT molecular complexity index is 3390. The monoisotopic (exact) mass is 686 g/mol. The van der Waals surface area contributed by atoms with Gasteiger partial charge in [-0.2, -0.15) is 0 Å². The van der Waals surface area contributed by atoms with Crippen molar-refractivity contribution < 1.29 is 4.42 Å². The van der Waals surface area contributed by atoms with Gasteiger partial charge in [-0.1, -0.05) is 78.9 Å². The van der Waals surface area contributed by atoms with Crippen LogP contribution in [-0.4, -0.2) is 9.13 Å². The largest absolute Gasteiger partial charge is 0.464 e. The first-order valence-corrected chi connectivity index (χ1v) is 18.0. The first-order valence-electron chi connectivity index (χ1n) is 17.2. The number of benzene rings is 7. The second-order valence-corrected chi connectivity index (χ2v) is 14.3. The quantitative estimate of drug-likeness (QED) is 0.186. The maximum Gasteiger partial charge on any atom is 0.266 e. The van der Waals surface area contributed by atoms with Gasteiger partial charge in [0.25, 0.3) is 11.1 Å². The van der Waals surface area contributed by atoms with Crippen LogP contribution in [0.5, 0.6) is 0 Å². The molecule has 0 amide bonds. The van der Waals surface area contributed by atoms with Crippen molar-refractivity contribution in [3.8, 4) is 22.7 Å². The molecule has 5 nitrogen and oxygen atoms in total. The molecular formula is C46H26N2O3S. The Morgan fingerprint density at radius 2 is 1.10 bits per heavy atom. The van der Waals surface area contributed by atoms with E-state index in [1.807, 2.05) is 103 Å². The summed E-state index contributed by atoms with van der Waals surface area (Å²) in [6.45, 7) is 0. The summed E-state index contributed by atoms with van der Waals surface area (Å²) in [7, 11) is 0. The number of para-hydroxylation sites is 2. The summed E-state index contributed by atoms with van der Waals surface area (Å²) >= 11 is 1.66. The Morgan fingerprint density at radius 1 is 0.423 bits per heavy atom. The van der Waals surface area contributed by atoms with E-state index in [9.17, 15) is 0 Å². The molecule has 4 aromatic heterocycles. The van der Waals surface area contributed by atoms with Crippen molar-refractivity contribution in [2.24, 2.45) is 0 Å². The molecule has 6 heteroatoms. The van der Waals surface area contributed by atoms with E-state index in [4.69, 9.17) is 4.42 Å². The van der Waals surface area contributed by atoms with Crippen molar-refractivity contribution in [2.45, 2.75) is 0 Å². The highest BCUT2D eigenvalue weighted by atomic mass is 32.1. The van der Waals surface area contributed by atoms with Gasteiger partial charge in [-0.3, -0.25) is 9.59 Å². The van der Waals surface area contributed by atoms with Gasteiger partial charge in [-0.25, -0.2) is 4.57 Å². The van der Waals surface area contributed by atoms with Crippen LogP contribution < -0.4 is 11.1 Å². The van der Waals surface area contributed by atoms with Crippen LogP contribution in [-0.2, 0) is 0 Å². The van der Waals surface area contributed by atoms with Gasteiger partial charge in [0.2, 0.25) is 0 Å². The topological polar surface area (TPSA) is 57.1 Å². The number of rotatable bonds is 3. The van der Waals surface area contributed by atoms with E-state index in [-0.39, 0.29) is 11.1 Å². The third-order valence-electron chi connectivity index (χ3n) is 10.4. The Hall–Kier alpha value is -6.76. The van der Waals surface area contributed by atoms with Crippen molar-refractivity contribution in [3.05, 3.63) is 179 Å². The third kappa shape index (κ3) is 4.04. The van der Waals surface area contributed by atoms with E-state index in [0.717, 1.165) is 80.5 Å². The van der Waals surface area contributed by atoms with Crippen LogP contribution in [0.2, 0.25) is 0 Å². The van der Waals surface area contributed by atoms with Crippen LogP contribution in [0.3, 0.4) is 0 Å². The van der Waals surface area contributed by atoms with Gasteiger partial charge in [-0.05, 0) is 89.0 Å². The molecule has 11 aromatic rings. The van der Waals surface area contributed by atoms with Crippen molar-refractivity contribution in [1.82, 2.24) is 9.13 Å². The minimum Gasteiger partial charge on any atom is -0.464 e. The van der Waals surface area contributed by atoms with Crippen LogP contribution >= 0.6 is 11.3 Å². The number of thiophene rings is 1. The first kappa shape index (κ1) is 29.0. The summed E-state index contributed by atoms with van der Waals surface area (Å²) in [5, 5.41) is 8.43. The highest BCUT2D eigenvalue weighted by molar-refractivity contribution is 7.25. The molecule has 0 atom stereocenters. The van der Waals surface area contributed by atoms with Crippen molar-refractivity contribution in [3.63, 3.8) is 0 Å². The molecule has 0 unspecified atom stereocenters. The fourth-order valence-corrected chi connectivity index (χ4v) is 9.25. The molecule has 0 aliphatic heterocycles. The van der Waals surface area contributed by atoms with Gasteiger partial charge in [0.1, 0.15) is 5.76 Å². The number of furan rings is 1. The van der Waals surface area contributed by atoms with Gasteiger partial charge in [-0.15, -0.1) is 11.3 Å². The number of hydrogen-bond donors (Lipinski definition) is 0. The second kappa shape index (κ2) is 10.9. The maximum atomic E-state index is 15.3. The second-order valence-electron chi connectivity index (χ2n) is 13.2. The summed E-state index contributed by atoms with van der Waals surface area (Å²) in [6, 6.07) is 50.6. The molecule has 244 valence electrons. The highest BCUT2D eigenvalue weighted by Gasteiger charge is 2.21. The predicted molar refractivity (Wildman–Crippen MR) is 216 cm³/mol. The summed E-state index contributed by atoms with van der Waals surface area (Å²) in [5.41, 5.74) is 3.63. The van der Waals surface area contributed by atoms with Crippen molar-refractivity contribution in [1.29, 1.82) is 0 Å². The molecule has 0 saturated heterocycles. The molecule has 0 saturated carbocycles. The third-order valence-corrected chi connectivity index (χ3v) is 11.6. The predicted octanol–water partition coefficient (Wildman–Crippen LogP) is 11.4. The lowest BCUT2D eigenvalue weighted by Gasteiger charge is -2.11. The van der Waals surface area contributed by atoms with Crippen LogP contribution in [0.25, 0.3) is 97.0 Å². The summed E-state index contributed by atoms with van der Waals surface area (Å²) in [5.74, 6) is 0.718. The lowest BCUT2D eigenvalue weighted by Crippen LogP contribution is -2.28. The smallest absolute Gasteiger partial charge is 0.266 e. The normalized spacial score (nSPS) is 12.0.